The van der Waals surface area contributed by atoms with Gasteiger partial charge in [0.1, 0.15) is 0 Å². The molecule has 56 valence electrons. The van der Waals surface area contributed by atoms with E-state index >= 15 is 0 Å². The second kappa shape index (κ2) is 2.95. The predicted molar refractivity (Wildman–Crippen MR) is 36.9 cm³/mol. The van der Waals surface area contributed by atoms with Crippen LogP contribution in [0.2, 0.25) is 0 Å². The molecule has 0 fully saturated rings. The maximum Gasteiger partial charge on any atom is 0.157 e. The van der Waals surface area contributed by atoms with Crippen LogP contribution in [0.3, 0.4) is 0 Å². The van der Waals surface area contributed by atoms with Crippen LogP contribution in [0.5, 0.6) is 0 Å². The van der Waals surface area contributed by atoms with Crippen LogP contribution in [0.4, 0.5) is 8.78 Å². The molecule has 10 heavy (non-hydrogen) atoms. The van der Waals surface area contributed by atoms with Gasteiger partial charge in [-0.2, -0.15) is 0 Å². The van der Waals surface area contributed by atoms with Crippen LogP contribution in [0, 0.1) is 0 Å². The normalized spacial score (nSPS) is 19.3. The zero-order chi connectivity index (χ0) is 7.56. The smallest absolute Gasteiger partial charge is 0.157 e. The molecule has 1 aliphatic carbocycles. The predicted octanol–water partition coefficient (Wildman–Crippen LogP) is 3.27. The fraction of sp³-hybridized carbons (Fsp3) is 0.500. The van der Waals surface area contributed by atoms with Crippen molar-refractivity contribution in [2.75, 3.05) is 0 Å². The molecule has 0 aromatic carbocycles. The van der Waals surface area contributed by atoms with E-state index in [1.165, 1.54) is 6.08 Å². The lowest BCUT2D eigenvalue weighted by Crippen LogP contribution is -1.93. The monoisotopic (exact) mass is 144 g/mol. The lowest BCUT2D eigenvalue weighted by molar-refractivity contribution is 0.515. The first-order valence-electron chi connectivity index (χ1n) is 3.49. The molecule has 0 aliphatic heterocycles. The summed E-state index contributed by atoms with van der Waals surface area (Å²) < 4.78 is 25.1. The number of hydrogen-bond acceptors (Lipinski definition) is 0. The SMILES string of the molecule is CCC1=C(F)C(F)=CCC1. The van der Waals surface area contributed by atoms with E-state index in [0.29, 0.717) is 24.8 Å². The summed E-state index contributed by atoms with van der Waals surface area (Å²) >= 11 is 0. The fourth-order valence-corrected chi connectivity index (χ4v) is 1.07. The molecule has 0 amide bonds. The number of allylic oxidation sites excluding steroid dienone is 4. The molecule has 0 saturated carbocycles. The highest BCUT2D eigenvalue weighted by molar-refractivity contribution is 5.28. The summed E-state index contributed by atoms with van der Waals surface area (Å²) in [5.41, 5.74) is 0.611. The van der Waals surface area contributed by atoms with Crippen molar-refractivity contribution < 1.29 is 8.78 Å². The summed E-state index contributed by atoms with van der Waals surface area (Å²) in [7, 11) is 0. The molecular formula is C8H10F2. The first-order chi connectivity index (χ1) is 4.75. The molecule has 2 heteroatoms. The quantitative estimate of drug-likeness (QED) is 0.529. The van der Waals surface area contributed by atoms with Gasteiger partial charge in [-0.25, -0.2) is 8.78 Å². The van der Waals surface area contributed by atoms with Gasteiger partial charge in [-0.15, -0.1) is 0 Å². The minimum absolute atomic E-state index is 0.611. The topological polar surface area (TPSA) is 0 Å². The van der Waals surface area contributed by atoms with Gasteiger partial charge in [-0.05, 0) is 30.9 Å². The third-order valence-corrected chi connectivity index (χ3v) is 1.72. The molecule has 0 heterocycles. The Bertz CT molecular complexity index is 189. The molecule has 0 aromatic heterocycles. The molecule has 0 nitrogen and oxygen atoms in total. The van der Waals surface area contributed by atoms with Gasteiger partial charge in [-0.1, -0.05) is 6.92 Å². The number of hydrogen-bond donors (Lipinski definition) is 0. The zero-order valence-electron chi connectivity index (χ0n) is 5.95. The van der Waals surface area contributed by atoms with Crippen LogP contribution in [0.1, 0.15) is 26.2 Å². The van der Waals surface area contributed by atoms with E-state index in [2.05, 4.69) is 0 Å². The van der Waals surface area contributed by atoms with Crippen molar-refractivity contribution in [1.82, 2.24) is 0 Å². The summed E-state index contributed by atoms with van der Waals surface area (Å²) in [4.78, 5) is 0. The van der Waals surface area contributed by atoms with Gasteiger partial charge in [0.05, 0.1) is 0 Å². The van der Waals surface area contributed by atoms with Crippen molar-refractivity contribution >= 4 is 0 Å². The van der Waals surface area contributed by atoms with Gasteiger partial charge in [0.15, 0.2) is 11.7 Å². The second-order valence-corrected chi connectivity index (χ2v) is 2.36. The molecule has 0 atom stereocenters. The molecule has 0 radical (unpaired) electrons. The molecule has 0 bridgehead atoms. The van der Waals surface area contributed by atoms with E-state index in [-0.39, 0.29) is 0 Å². The first-order valence-corrected chi connectivity index (χ1v) is 3.49. The first kappa shape index (κ1) is 7.45. The van der Waals surface area contributed by atoms with Crippen LogP contribution in [0.15, 0.2) is 23.3 Å². The Hall–Kier alpha value is -0.660. The Kier molecular flexibility index (Phi) is 2.20. The summed E-state index contributed by atoms with van der Waals surface area (Å²) in [6.07, 6.45) is 3.24. The lowest BCUT2D eigenvalue weighted by atomic mass is 10.0. The third-order valence-electron chi connectivity index (χ3n) is 1.72. The highest BCUT2D eigenvalue weighted by atomic mass is 19.2. The van der Waals surface area contributed by atoms with Gasteiger partial charge < -0.3 is 0 Å². The highest BCUT2D eigenvalue weighted by Gasteiger charge is 2.13. The van der Waals surface area contributed by atoms with Crippen molar-refractivity contribution in [3.63, 3.8) is 0 Å². The van der Waals surface area contributed by atoms with Crippen LogP contribution in [-0.4, -0.2) is 0 Å². The summed E-state index contributed by atoms with van der Waals surface area (Å²) in [5.74, 6) is -1.31. The minimum atomic E-state index is -0.678. The molecule has 0 unspecified atom stereocenters. The number of rotatable bonds is 1. The van der Waals surface area contributed by atoms with Crippen LogP contribution < -0.4 is 0 Å². The highest BCUT2D eigenvalue weighted by Crippen LogP contribution is 2.28. The molecule has 0 N–H and O–H groups in total. The van der Waals surface area contributed by atoms with Crippen LogP contribution >= 0.6 is 0 Å². The maximum absolute atomic E-state index is 12.7. The molecule has 0 aromatic rings. The van der Waals surface area contributed by atoms with Gasteiger partial charge >= 0.3 is 0 Å². The van der Waals surface area contributed by atoms with E-state index in [1.807, 2.05) is 6.92 Å². The van der Waals surface area contributed by atoms with Gasteiger partial charge in [0.25, 0.3) is 0 Å². The van der Waals surface area contributed by atoms with Crippen molar-refractivity contribution in [2.24, 2.45) is 0 Å². The van der Waals surface area contributed by atoms with E-state index in [0.717, 1.165) is 0 Å². The van der Waals surface area contributed by atoms with Crippen molar-refractivity contribution in [3.05, 3.63) is 23.3 Å². The second-order valence-electron chi connectivity index (χ2n) is 2.36. The minimum Gasteiger partial charge on any atom is -0.204 e. The molecular weight excluding hydrogens is 134 g/mol. The average molecular weight is 144 g/mol. The van der Waals surface area contributed by atoms with Crippen LogP contribution in [-0.2, 0) is 0 Å². The Labute approximate surface area is 59.2 Å². The van der Waals surface area contributed by atoms with E-state index in [1.54, 1.807) is 0 Å². The average Bonchev–Trinajstić information content (AvgIpc) is 1.95. The Morgan fingerprint density at radius 1 is 1.50 bits per heavy atom. The third kappa shape index (κ3) is 1.25. The Balaban J connectivity index is 2.85. The Morgan fingerprint density at radius 3 is 2.70 bits per heavy atom. The van der Waals surface area contributed by atoms with Crippen molar-refractivity contribution in [3.8, 4) is 0 Å². The standard InChI is InChI=1S/C8H10F2/c1-2-6-4-3-5-7(9)8(6)10/h5H,2-4H2,1H3. The van der Waals surface area contributed by atoms with E-state index in [4.69, 9.17) is 0 Å². The summed E-state index contributed by atoms with van der Waals surface area (Å²) in [5, 5.41) is 0. The molecule has 1 rings (SSSR count). The van der Waals surface area contributed by atoms with Gasteiger partial charge in [0, 0.05) is 0 Å². The summed E-state index contributed by atoms with van der Waals surface area (Å²) in [6.45, 7) is 1.84. The van der Waals surface area contributed by atoms with Gasteiger partial charge in [-0.3, -0.25) is 0 Å². The lowest BCUT2D eigenvalue weighted by Gasteiger charge is -2.08. The fourth-order valence-electron chi connectivity index (χ4n) is 1.07. The van der Waals surface area contributed by atoms with Crippen molar-refractivity contribution in [2.45, 2.75) is 26.2 Å². The van der Waals surface area contributed by atoms with E-state index < -0.39 is 11.7 Å². The number of halogens is 2. The molecule has 1 aliphatic rings. The van der Waals surface area contributed by atoms with E-state index in [9.17, 15) is 8.78 Å². The summed E-state index contributed by atoms with van der Waals surface area (Å²) in [6, 6.07) is 0. The van der Waals surface area contributed by atoms with Crippen molar-refractivity contribution in [1.29, 1.82) is 0 Å². The Morgan fingerprint density at radius 2 is 2.20 bits per heavy atom. The molecule has 0 saturated heterocycles. The zero-order valence-corrected chi connectivity index (χ0v) is 5.95. The van der Waals surface area contributed by atoms with Crippen LogP contribution in [0.25, 0.3) is 0 Å². The largest absolute Gasteiger partial charge is 0.204 e. The molecule has 0 spiro atoms. The maximum atomic E-state index is 12.7. The van der Waals surface area contributed by atoms with Gasteiger partial charge in [0.2, 0.25) is 0 Å².